The maximum atomic E-state index is 11.9. The first-order chi connectivity index (χ1) is 8.47. The fourth-order valence-corrected chi connectivity index (χ4v) is 2.50. The lowest BCUT2D eigenvalue weighted by Gasteiger charge is -2.20. The number of aliphatic hydroxyl groups is 1. The van der Waals surface area contributed by atoms with Gasteiger partial charge in [-0.3, -0.25) is 5.32 Å². The van der Waals surface area contributed by atoms with Crippen LogP contribution in [0.4, 0.5) is 9.93 Å². The van der Waals surface area contributed by atoms with Gasteiger partial charge in [-0.15, -0.1) is 11.3 Å². The summed E-state index contributed by atoms with van der Waals surface area (Å²) >= 11 is 1.31. The van der Waals surface area contributed by atoms with E-state index >= 15 is 0 Å². The number of aromatic nitrogens is 1. The van der Waals surface area contributed by atoms with E-state index in [1.807, 2.05) is 6.92 Å². The van der Waals surface area contributed by atoms with Gasteiger partial charge in [0.1, 0.15) is 6.04 Å². The van der Waals surface area contributed by atoms with Gasteiger partial charge in [-0.25, -0.2) is 14.6 Å². The predicted molar refractivity (Wildman–Crippen MR) is 64.6 cm³/mol. The molecule has 0 spiro atoms. The molecule has 0 bridgehead atoms. The topological polar surface area (TPSA) is 103 Å². The first-order valence-electron chi connectivity index (χ1n) is 5.38. The zero-order chi connectivity index (χ0) is 13.3. The number of anilines is 1. The van der Waals surface area contributed by atoms with E-state index < -0.39 is 24.1 Å². The summed E-state index contributed by atoms with van der Waals surface area (Å²) in [5, 5.41) is 21.4. The molecule has 2 atom stereocenters. The van der Waals surface area contributed by atoms with Crippen LogP contribution < -0.4 is 5.32 Å². The zero-order valence-corrected chi connectivity index (χ0v) is 10.5. The number of likely N-dealkylation sites (tertiary alicyclic amines) is 1. The van der Waals surface area contributed by atoms with Crippen molar-refractivity contribution < 1.29 is 19.8 Å². The Morgan fingerprint density at radius 2 is 2.33 bits per heavy atom. The van der Waals surface area contributed by atoms with E-state index in [2.05, 4.69) is 10.3 Å². The quantitative estimate of drug-likeness (QED) is 0.727. The van der Waals surface area contributed by atoms with Gasteiger partial charge in [-0.1, -0.05) is 0 Å². The molecule has 0 aliphatic carbocycles. The highest BCUT2D eigenvalue weighted by Gasteiger charge is 2.39. The van der Waals surface area contributed by atoms with Crippen molar-refractivity contribution in [3.63, 3.8) is 0 Å². The Labute approximate surface area is 107 Å². The number of carboxylic acid groups (broad SMARTS) is 1. The number of β-amino-alcohol motifs (C(OH)–C–C–N with tert-alkyl or cyclic N) is 1. The molecule has 1 aromatic rings. The van der Waals surface area contributed by atoms with Crippen molar-refractivity contribution >= 4 is 28.5 Å². The van der Waals surface area contributed by atoms with Crippen molar-refractivity contribution in [2.45, 2.75) is 25.5 Å². The molecule has 1 saturated heterocycles. The van der Waals surface area contributed by atoms with Crippen LogP contribution >= 0.6 is 11.3 Å². The van der Waals surface area contributed by atoms with Gasteiger partial charge in [-0.2, -0.15) is 0 Å². The fraction of sp³-hybridized carbons (Fsp3) is 0.500. The molecule has 2 rings (SSSR count). The number of aliphatic carboxylic acids is 1. The summed E-state index contributed by atoms with van der Waals surface area (Å²) in [5.74, 6) is -1.11. The first kappa shape index (κ1) is 12.8. The third kappa shape index (κ3) is 2.59. The molecule has 1 aliphatic heterocycles. The van der Waals surface area contributed by atoms with E-state index in [0.29, 0.717) is 5.13 Å². The average Bonchev–Trinajstić information content (AvgIpc) is 2.85. The molecule has 0 unspecified atom stereocenters. The summed E-state index contributed by atoms with van der Waals surface area (Å²) in [6.07, 6.45) is 0.878. The van der Waals surface area contributed by atoms with Crippen LogP contribution in [0.2, 0.25) is 0 Å². The molecule has 98 valence electrons. The van der Waals surface area contributed by atoms with Crippen LogP contribution in [0.25, 0.3) is 0 Å². The summed E-state index contributed by atoms with van der Waals surface area (Å²) in [6.45, 7) is 1.88. The van der Waals surface area contributed by atoms with Crippen LogP contribution in [-0.2, 0) is 4.79 Å². The van der Waals surface area contributed by atoms with Gasteiger partial charge in [0.15, 0.2) is 5.13 Å². The highest BCUT2D eigenvalue weighted by atomic mass is 32.1. The maximum Gasteiger partial charge on any atom is 0.326 e. The highest BCUT2D eigenvalue weighted by molar-refractivity contribution is 7.15. The van der Waals surface area contributed by atoms with Crippen molar-refractivity contribution in [2.24, 2.45) is 0 Å². The molecule has 0 saturated carbocycles. The van der Waals surface area contributed by atoms with Crippen molar-refractivity contribution in [3.8, 4) is 0 Å². The van der Waals surface area contributed by atoms with Crippen LogP contribution in [0.3, 0.4) is 0 Å². The number of amides is 2. The van der Waals surface area contributed by atoms with Crippen molar-refractivity contribution in [1.82, 2.24) is 9.88 Å². The second kappa shape index (κ2) is 4.91. The lowest BCUT2D eigenvalue weighted by molar-refractivity contribution is -0.141. The largest absolute Gasteiger partial charge is 0.480 e. The number of hydrogen-bond acceptors (Lipinski definition) is 5. The van der Waals surface area contributed by atoms with Crippen LogP contribution in [0.1, 0.15) is 11.3 Å². The molecule has 1 aromatic heterocycles. The molecule has 1 fully saturated rings. The van der Waals surface area contributed by atoms with Gasteiger partial charge in [0, 0.05) is 24.0 Å². The monoisotopic (exact) mass is 271 g/mol. The van der Waals surface area contributed by atoms with E-state index in [-0.39, 0.29) is 13.0 Å². The lowest BCUT2D eigenvalue weighted by atomic mass is 10.2. The molecule has 2 amide bonds. The number of nitrogens with zero attached hydrogens (tertiary/aromatic N) is 2. The molecular weight excluding hydrogens is 258 g/mol. The Bertz CT molecular complexity index is 475. The highest BCUT2D eigenvalue weighted by Crippen LogP contribution is 2.21. The molecule has 0 radical (unpaired) electrons. The lowest BCUT2D eigenvalue weighted by Crippen LogP contribution is -2.43. The molecule has 8 heteroatoms. The Balaban J connectivity index is 2.06. The van der Waals surface area contributed by atoms with Gasteiger partial charge < -0.3 is 15.1 Å². The van der Waals surface area contributed by atoms with Crippen molar-refractivity contribution in [2.75, 3.05) is 11.9 Å². The molecule has 18 heavy (non-hydrogen) atoms. The van der Waals surface area contributed by atoms with E-state index in [1.54, 1.807) is 6.20 Å². The Morgan fingerprint density at radius 1 is 1.61 bits per heavy atom. The second-order valence-corrected chi connectivity index (χ2v) is 5.34. The van der Waals surface area contributed by atoms with Gasteiger partial charge in [0.05, 0.1) is 6.10 Å². The average molecular weight is 271 g/mol. The number of hydrogen-bond donors (Lipinski definition) is 3. The van der Waals surface area contributed by atoms with Gasteiger partial charge in [0.2, 0.25) is 0 Å². The Hall–Kier alpha value is -1.67. The summed E-state index contributed by atoms with van der Waals surface area (Å²) in [5.41, 5.74) is 0. The molecule has 2 heterocycles. The minimum Gasteiger partial charge on any atom is -0.480 e. The fourth-order valence-electron chi connectivity index (χ4n) is 1.85. The SMILES string of the molecule is Cc1cnc(NC(=O)N2C[C@H](O)C[C@H]2C(=O)O)s1. The van der Waals surface area contributed by atoms with Gasteiger partial charge in [0.25, 0.3) is 0 Å². The van der Waals surface area contributed by atoms with E-state index in [4.69, 9.17) is 5.11 Å². The number of aliphatic hydroxyl groups excluding tert-OH is 1. The van der Waals surface area contributed by atoms with E-state index in [9.17, 15) is 14.7 Å². The van der Waals surface area contributed by atoms with Crippen LogP contribution in [0.15, 0.2) is 6.20 Å². The van der Waals surface area contributed by atoms with Gasteiger partial charge in [-0.05, 0) is 6.92 Å². The third-order valence-electron chi connectivity index (χ3n) is 2.66. The molecular formula is C10H13N3O4S. The van der Waals surface area contributed by atoms with Crippen LogP contribution in [0, 0.1) is 6.92 Å². The molecule has 3 N–H and O–H groups in total. The normalized spacial score (nSPS) is 23.1. The van der Waals surface area contributed by atoms with Crippen LogP contribution in [-0.4, -0.2) is 50.8 Å². The summed E-state index contributed by atoms with van der Waals surface area (Å²) in [6, 6.07) is -1.53. The molecule has 7 nitrogen and oxygen atoms in total. The number of carbonyl (C=O) groups excluding carboxylic acids is 1. The van der Waals surface area contributed by atoms with Crippen molar-refractivity contribution in [1.29, 1.82) is 0 Å². The number of carbonyl (C=O) groups is 2. The number of carboxylic acids is 1. The number of aryl methyl sites for hydroxylation is 1. The number of thiazole rings is 1. The Kier molecular flexibility index (Phi) is 3.48. The number of urea groups is 1. The summed E-state index contributed by atoms with van der Waals surface area (Å²) in [4.78, 5) is 28.9. The summed E-state index contributed by atoms with van der Waals surface area (Å²) < 4.78 is 0. The van der Waals surface area contributed by atoms with E-state index in [1.165, 1.54) is 11.3 Å². The smallest absolute Gasteiger partial charge is 0.326 e. The number of nitrogens with one attached hydrogen (secondary N) is 1. The van der Waals surface area contributed by atoms with E-state index in [0.717, 1.165) is 9.78 Å². The maximum absolute atomic E-state index is 11.9. The summed E-state index contributed by atoms with van der Waals surface area (Å²) in [7, 11) is 0. The first-order valence-corrected chi connectivity index (χ1v) is 6.20. The minimum atomic E-state index is -1.11. The second-order valence-electron chi connectivity index (χ2n) is 4.10. The number of rotatable bonds is 2. The van der Waals surface area contributed by atoms with Gasteiger partial charge >= 0.3 is 12.0 Å². The predicted octanol–water partition coefficient (Wildman–Crippen LogP) is 0.503. The standard InChI is InChI=1S/C10H13N3O4S/c1-5-3-11-9(18-5)12-10(17)13-4-6(14)2-7(13)8(15)16/h3,6-7,14H,2,4H2,1H3,(H,15,16)(H,11,12,17)/t6-,7+/m1/s1. The minimum absolute atomic E-state index is 0.0210. The zero-order valence-electron chi connectivity index (χ0n) is 9.66. The Morgan fingerprint density at radius 3 is 2.89 bits per heavy atom. The third-order valence-corrected chi connectivity index (χ3v) is 3.49. The molecule has 0 aromatic carbocycles. The van der Waals surface area contributed by atoms with Crippen LogP contribution in [0.5, 0.6) is 0 Å². The van der Waals surface area contributed by atoms with Crippen molar-refractivity contribution in [3.05, 3.63) is 11.1 Å². The molecule has 1 aliphatic rings.